The molecule has 3 unspecified atom stereocenters. The lowest BCUT2D eigenvalue weighted by Crippen LogP contribution is -2.46. The monoisotopic (exact) mass is 686 g/mol. The van der Waals surface area contributed by atoms with Crippen molar-refractivity contribution in [1.82, 2.24) is 5.32 Å². The van der Waals surface area contributed by atoms with Crippen molar-refractivity contribution in [3.8, 4) is 0 Å². The van der Waals surface area contributed by atoms with Crippen LogP contribution in [0.2, 0.25) is 0 Å². The van der Waals surface area contributed by atoms with Gasteiger partial charge in [0, 0.05) is 12.8 Å². The van der Waals surface area contributed by atoms with Gasteiger partial charge >= 0.3 is 5.97 Å². The molecule has 0 aromatic heterocycles. The standard InChI is InChI=1S/C43H75NO5/c1-4-7-10-13-16-19-21-23-25-28-31-34-39(49-43(48)36-33-30-27-22-18-15-12-9-6-3)37-42(47)44-40(38-45)41(46)35-32-29-26-24-20-17-14-11-8-5-2/h7,10,13,16,19,21,23,25,28,31,39-41,45-46H,4-6,8-9,11-12,14-15,17-18,20,22,24,26-27,29-30,32-38H2,1-3H3,(H,44,47)/b10-7+,16-13+,21-19-,25-23-,31-28+. The molecule has 0 radical (unpaired) electrons. The highest BCUT2D eigenvalue weighted by atomic mass is 16.5. The van der Waals surface area contributed by atoms with Gasteiger partial charge in [0.25, 0.3) is 0 Å². The van der Waals surface area contributed by atoms with Gasteiger partial charge in [-0.15, -0.1) is 0 Å². The molecule has 0 aromatic rings. The predicted molar refractivity (Wildman–Crippen MR) is 208 cm³/mol. The van der Waals surface area contributed by atoms with Crippen molar-refractivity contribution in [3.05, 3.63) is 60.8 Å². The summed E-state index contributed by atoms with van der Waals surface area (Å²) in [6, 6.07) is -0.735. The van der Waals surface area contributed by atoms with Gasteiger partial charge in [0.1, 0.15) is 6.10 Å². The number of amides is 1. The van der Waals surface area contributed by atoms with Crippen LogP contribution in [0.1, 0.15) is 175 Å². The number of esters is 1. The zero-order valence-corrected chi connectivity index (χ0v) is 31.8. The first-order valence-corrected chi connectivity index (χ1v) is 20.1. The maximum atomic E-state index is 13.0. The first kappa shape index (κ1) is 46.6. The molecular formula is C43H75NO5. The number of nitrogens with one attached hydrogen (secondary N) is 1. The van der Waals surface area contributed by atoms with E-state index in [-0.39, 0.29) is 24.9 Å². The van der Waals surface area contributed by atoms with E-state index in [1.165, 1.54) is 83.5 Å². The molecule has 6 nitrogen and oxygen atoms in total. The van der Waals surface area contributed by atoms with Gasteiger partial charge in [0.05, 0.1) is 25.2 Å². The van der Waals surface area contributed by atoms with E-state index >= 15 is 0 Å². The summed E-state index contributed by atoms with van der Waals surface area (Å²) in [4.78, 5) is 25.7. The molecule has 3 N–H and O–H groups in total. The molecule has 0 rings (SSSR count). The van der Waals surface area contributed by atoms with Crippen LogP contribution in [0.3, 0.4) is 0 Å². The minimum Gasteiger partial charge on any atom is -0.461 e. The van der Waals surface area contributed by atoms with Crippen LogP contribution in [0, 0.1) is 0 Å². The molecular weight excluding hydrogens is 610 g/mol. The maximum Gasteiger partial charge on any atom is 0.306 e. The van der Waals surface area contributed by atoms with E-state index in [4.69, 9.17) is 4.74 Å². The minimum atomic E-state index is -0.814. The molecule has 3 atom stereocenters. The molecule has 0 bridgehead atoms. The van der Waals surface area contributed by atoms with Gasteiger partial charge < -0.3 is 20.3 Å². The summed E-state index contributed by atoms with van der Waals surface area (Å²) in [6.45, 7) is 6.23. The normalized spacial score (nSPS) is 14.1. The third-order valence-electron chi connectivity index (χ3n) is 8.74. The number of carbonyl (C=O) groups is 2. The molecule has 49 heavy (non-hydrogen) atoms. The highest BCUT2D eigenvalue weighted by molar-refractivity contribution is 5.77. The lowest BCUT2D eigenvalue weighted by atomic mass is 10.0. The van der Waals surface area contributed by atoms with Crippen LogP contribution in [-0.4, -0.2) is 46.9 Å². The number of ether oxygens (including phenoxy) is 1. The molecule has 0 heterocycles. The Morgan fingerprint density at radius 3 is 1.55 bits per heavy atom. The van der Waals surface area contributed by atoms with Crippen LogP contribution >= 0.6 is 0 Å². The highest BCUT2D eigenvalue weighted by Gasteiger charge is 2.23. The zero-order valence-electron chi connectivity index (χ0n) is 31.8. The maximum absolute atomic E-state index is 13.0. The van der Waals surface area contributed by atoms with Crippen molar-refractivity contribution >= 4 is 11.9 Å². The molecule has 0 fully saturated rings. The second kappa shape index (κ2) is 36.8. The van der Waals surface area contributed by atoms with Gasteiger partial charge in [-0.25, -0.2) is 0 Å². The highest BCUT2D eigenvalue weighted by Crippen LogP contribution is 2.15. The average molecular weight is 686 g/mol. The van der Waals surface area contributed by atoms with Crippen molar-refractivity contribution < 1.29 is 24.5 Å². The number of aliphatic hydroxyl groups is 2. The Morgan fingerprint density at radius 2 is 1.06 bits per heavy atom. The van der Waals surface area contributed by atoms with Crippen LogP contribution in [0.25, 0.3) is 0 Å². The quantitative estimate of drug-likeness (QED) is 0.0356. The van der Waals surface area contributed by atoms with Gasteiger partial charge in [-0.1, -0.05) is 197 Å². The van der Waals surface area contributed by atoms with Crippen LogP contribution in [0.15, 0.2) is 60.8 Å². The van der Waals surface area contributed by atoms with Gasteiger partial charge in [-0.05, 0) is 19.3 Å². The van der Waals surface area contributed by atoms with Gasteiger partial charge in [-0.3, -0.25) is 9.59 Å². The number of allylic oxidation sites excluding steroid dienone is 9. The summed E-state index contributed by atoms with van der Waals surface area (Å²) in [6.07, 6.45) is 43.1. The number of unbranched alkanes of at least 4 members (excludes halogenated alkanes) is 17. The molecule has 0 aliphatic heterocycles. The summed E-state index contributed by atoms with van der Waals surface area (Å²) in [5.41, 5.74) is 0. The summed E-state index contributed by atoms with van der Waals surface area (Å²) in [5.74, 6) is -0.617. The molecule has 0 aliphatic rings. The third kappa shape index (κ3) is 32.5. The van der Waals surface area contributed by atoms with Crippen molar-refractivity contribution in [2.45, 2.75) is 193 Å². The van der Waals surface area contributed by atoms with Crippen LogP contribution in [-0.2, 0) is 14.3 Å². The SMILES string of the molecule is CC/C=C/C=C/C=C\C=C/C=C/CC(CC(=O)NC(CO)C(O)CCCCCCCCCCCC)OC(=O)CCCCCCCCCCC. The number of hydrogen-bond donors (Lipinski definition) is 3. The lowest BCUT2D eigenvalue weighted by Gasteiger charge is -2.24. The van der Waals surface area contributed by atoms with E-state index in [1.807, 2.05) is 54.7 Å². The van der Waals surface area contributed by atoms with E-state index in [1.54, 1.807) is 0 Å². The van der Waals surface area contributed by atoms with Gasteiger partial charge in [0.2, 0.25) is 5.91 Å². The van der Waals surface area contributed by atoms with E-state index < -0.39 is 18.2 Å². The molecule has 0 aliphatic carbocycles. The summed E-state index contributed by atoms with van der Waals surface area (Å²) in [5, 5.41) is 23.4. The fourth-order valence-electron chi connectivity index (χ4n) is 5.68. The third-order valence-corrected chi connectivity index (χ3v) is 8.74. The first-order valence-electron chi connectivity index (χ1n) is 20.1. The fraction of sp³-hybridized carbons (Fsp3) is 0.721. The smallest absolute Gasteiger partial charge is 0.306 e. The van der Waals surface area contributed by atoms with Crippen LogP contribution in [0.4, 0.5) is 0 Å². The molecule has 0 aromatic carbocycles. The summed E-state index contributed by atoms with van der Waals surface area (Å²) in [7, 11) is 0. The Labute approximate surface area is 301 Å². The van der Waals surface area contributed by atoms with Crippen LogP contribution < -0.4 is 5.32 Å². The van der Waals surface area contributed by atoms with Crippen molar-refractivity contribution in [2.75, 3.05) is 6.61 Å². The number of rotatable bonds is 34. The topological polar surface area (TPSA) is 95.9 Å². The van der Waals surface area contributed by atoms with E-state index in [0.29, 0.717) is 19.3 Å². The molecule has 6 heteroatoms. The van der Waals surface area contributed by atoms with E-state index in [2.05, 4.69) is 32.2 Å². The minimum absolute atomic E-state index is 0.0188. The molecule has 1 amide bonds. The fourth-order valence-corrected chi connectivity index (χ4v) is 5.68. The Morgan fingerprint density at radius 1 is 0.612 bits per heavy atom. The molecule has 0 saturated carbocycles. The van der Waals surface area contributed by atoms with E-state index in [9.17, 15) is 19.8 Å². The molecule has 0 spiro atoms. The Balaban J connectivity index is 4.80. The van der Waals surface area contributed by atoms with Gasteiger partial charge in [0.15, 0.2) is 0 Å². The zero-order chi connectivity index (χ0) is 36.0. The number of aliphatic hydroxyl groups excluding tert-OH is 2. The molecule has 0 saturated heterocycles. The molecule has 282 valence electrons. The first-order chi connectivity index (χ1) is 24.0. The Bertz CT molecular complexity index is 906. The van der Waals surface area contributed by atoms with Crippen molar-refractivity contribution in [1.29, 1.82) is 0 Å². The Hall–Kier alpha value is -2.44. The predicted octanol–water partition coefficient (Wildman–Crippen LogP) is 10.9. The summed E-state index contributed by atoms with van der Waals surface area (Å²) >= 11 is 0. The lowest BCUT2D eigenvalue weighted by molar-refractivity contribution is -0.150. The number of carbonyl (C=O) groups excluding carboxylic acids is 2. The van der Waals surface area contributed by atoms with Crippen LogP contribution in [0.5, 0.6) is 0 Å². The van der Waals surface area contributed by atoms with Gasteiger partial charge in [-0.2, -0.15) is 0 Å². The van der Waals surface area contributed by atoms with Crippen molar-refractivity contribution in [2.24, 2.45) is 0 Å². The van der Waals surface area contributed by atoms with Crippen molar-refractivity contribution in [3.63, 3.8) is 0 Å². The Kier molecular flexibility index (Phi) is 35.0. The second-order valence-electron chi connectivity index (χ2n) is 13.4. The summed E-state index contributed by atoms with van der Waals surface area (Å²) < 4.78 is 5.77. The largest absolute Gasteiger partial charge is 0.461 e. The average Bonchev–Trinajstić information content (AvgIpc) is 3.09. The number of hydrogen-bond acceptors (Lipinski definition) is 5. The second-order valence-corrected chi connectivity index (χ2v) is 13.4. The van der Waals surface area contributed by atoms with E-state index in [0.717, 1.165) is 44.9 Å².